The lowest BCUT2D eigenvalue weighted by Crippen LogP contribution is -2.30. The lowest BCUT2D eigenvalue weighted by molar-refractivity contribution is 0.0943. The number of imidazole rings is 1. The Morgan fingerprint density at radius 2 is 1.74 bits per heavy atom. The number of rotatable bonds is 8. The lowest BCUT2D eigenvalue weighted by Gasteiger charge is -2.18. The molecule has 0 unspecified atom stereocenters. The summed E-state index contributed by atoms with van der Waals surface area (Å²) in [6.07, 6.45) is 1.77. The molecule has 0 spiro atoms. The van der Waals surface area contributed by atoms with Crippen molar-refractivity contribution in [3.63, 3.8) is 0 Å². The first-order valence-electron chi connectivity index (χ1n) is 10.2. The van der Waals surface area contributed by atoms with E-state index in [4.69, 9.17) is 5.73 Å². The van der Waals surface area contributed by atoms with Gasteiger partial charge in [0, 0.05) is 18.8 Å². The first-order chi connectivity index (χ1) is 14.9. The molecular weight excluding hydrogens is 390 g/mol. The number of nitrogens with zero attached hydrogens (tertiary/aromatic N) is 4. The summed E-state index contributed by atoms with van der Waals surface area (Å²) in [4.78, 5) is 13.8. The number of hydrogen-bond donors (Lipinski definition) is 4. The van der Waals surface area contributed by atoms with Crippen molar-refractivity contribution < 1.29 is 5.11 Å². The summed E-state index contributed by atoms with van der Waals surface area (Å²) in [6, 6.07) is 17.9. The van der Waals surface area contributed by atoms with Gasteiger partial charge in [-0.05, 0) is 31.0 Å². The third kappa shape index (κ3) is 5.10. The summed E-state index contributed by atoms with van der Waals surface area (Å²) in [7, 11) is 0. The fourth-order valence-corrected chi connectivity index (χ4v) is 3.21. The summed E-state index contributed by atoms with van der Waals surface area (Å²) in [5, 5.41) is 16.6. The summed E-state index contributed by atoms with van der Waals surface area (Å²) < 4.78 is 1.99. The van der Waals surface area contributed by atoms with Gasteiger partial charge in [-0.3, -0.25) is 0 Å². The van der Waals surface area contributed by atoms with E-state index in [1.165, 1.54) is 0 Å². The van der Waals surface area contributed by atoms with Crippen LogP contribution in [0.5, 0.6) is 0 Å². The molecule has 2 heterocycles. The molecule has 4 rings (SSSR count). The largest absolute Gasteiger partial charge is 0.398 e. The Balaban J connectivity index is 1.68. The van der Waals surface area contributed by atoms with Gasteiger partial charge < -0.3 is 26.0 Å². The van der Waals surface area contributed by atoms with Crippen LogP contribution in [0, 0.1) is 0 Å². The van der Waals surface area contributed by atoms with Crippen LogP contribution in [0.25, 0.3) is 11.2 Å². The molecule has 0 aliphatic rings. The zero-order valence-electron chi connectivity index (χ0n) is 17.7. The molecule has 0 saturated heterocycles. The van der Waals surface area contributed by atoms with Crippen LogP contribution >= 0.6 is 0 Å². The number of aromatic nitrogens is 4. The third-order valence-corrected chi connectivity index (χ3v) is 4.84. The predicted molar refractivity (Wildman–Crippen MR) is 124 cm³/mol. The Hall–Kier alpha value is -3.65. The van der Waals surface area contributed by atoms with Crippen LogP contribution in [0.3, 0.4) is 0 Å². The SMILES string of the molecule is CC(C)(O)CNc1nc(NCc2ccccc2N)c2ncn(Cc3ccccc3)c2n1. The van der Waals surface area contributed by atoms with E-state index in [0.29, 0.717) is 42.6 Å². The van der Waals surface area contributed by atoms with Gasteiger partial charge in [-0.2, -0.15) is 9.97 Å². The zero-order valence-corrected chi connectivity index (χ0v) is 17.7. The maximum atomic E-state index is 10.1. The molecular formula is C23H27N7O. The van der Waals surface area contributed by atoms with Crippen LogP contribution in [0.15, 0.2) is 60.9 Å². The van der Waals surface area contributed by atoms with E-state index in [1.807, 2.05) is 47.0 Å². The van der Waals surface area contributed by atoms with Crippen molar-refractivity contribution in [1.82, 2.24) is 19.5 Å². The Morgan fingerprint density at radius 1 is 1.00 bits per heavy atom. The monoisotopic (exact) mass is 417 g/mol. The summed E-state index contributed by atoms with van der Waals surface area (Å²) in [5.74, 6) is 1.03. The van der Waals surface area contributed by atoms with Gasteiger partial charge in [0.05, 0.1) is 18.5 Å². The molecule has 0 bridgehead atoms. The van der Waals surface area contributed by atoms with Crippen LogP contribution in [0.2, 0.25) is 0 Å². The highest BCUT2D eigenvalue weighted by atomic mass is 16.3. The fraction of sp³-hybridized carbons (Fsp3) is 0.261. The smallest absolute Gasteiger partial charge is 0.226 e. The number of hydrogen-bond acceptors (Lipinski definition) is 7. The third-order valence-electron chi connectivity index (χ3n) is 4.84. The summed E-state index contributed by atoms with van der Waals surface area (Å²) >= 11 is 0. The molecule has 0 amide bonds. The maximum absolute atomic E-state index is 10.1. The molecule has 2 aromatic carbocycles. The van der Waals surface area contributed by atoms with Crippen molar-refractivity contribution in [3.8, 4) is 0 Å². The van der Waals surface area contributed by atoms with E-state index < -0.39 is 5.60 Å². The predicted octanol–water partition coefficient (Wildman–Crippen LogP) is 3.25. The van der Waals surface area contributed by atoms with E-state index in [9.17, 15) is 5.11 Å². The summed E-state index contributed by atoms with van der Waals surface area (Å²) in [5.41, 5.74) is 9.42. The van der Waals surface area contributed by atoms with E-state index >= 15 is 0 Å². The molecule has 160 valence electrons. The van der Waals surface area contributed by atoms with Gasteiger partial charge in [0.2, 0.25) is 5.95 Å². The Bertz CT molecular complexity index is 1170. The van der Waals surface area contributed by atoms with Crippen molar-refractivity contribution in [2.75, 3.05) is 22.9 Å². The van der Waals surface area contributed by atoms with Crippen molar-refractivity contribution in [1.29, 1.82) is 0 Å². The second kappa shape index (κ2) is 8.61. The number of anilines is 3. The normalized spacial score (nSPS) is 11.6. The topological polar surface area (TPSA) is 114 Å². The molecule has 0 aliphatic carbocycles. The number of fused-ring (bicyclic) bond motifs is 1. The van der Waals surface area contributed by atoms with E-state index in [1.54, 1.807) is 20.2 Å². The van der Waals surface area contributed by atoms with Crippen LogP contribution in [-0.4, -0.2) is 36.8 Å². The van der Waals surface area contributed by atoms with Gasteiger partial charge in [0.15, 0.2) is 17.0 Å². The summed E-state index contributed by atoms with van der Waals surface area (Å²) in [6.45, 7) is 4.93. The van der Waals surface area contributed by atoms with Crippen molar-refractivity contribution >= 4 is 28.6 Å². The average Bonchev–Trinajstić information content (AvgIpc) is 3.14. The Kier molecular flexibility index (Phi) is 5.73. The molecule has 5 N–H and O–H groups in total. The first-order valence-corrected chi connectivity index (χ1v) is 10.2. The van der Waals surface area contributed by atoms with Gasteiger partial charge in [-0.15, -0.1) is 0 Å². The minimum atomic E-state index is -0.894. The molecule has 8 nitrogen and oxygen atoms in total. The molecule has 4 aromatic rings. The molecule has 2 aromatic heterocycles. The molecule has 31 heavy (non-hydrogen) atoms. The van der Waals surface area contributed by atoms with Crippen LogP contribution in [0.4, 0.5) is 17.5 Å². The van der Waals surface area contributed by atoms with Crippen LogP contribution < -0.4 is 16.4 Å². The fourth-order valence-electron chi connectivity index (χ4n) is 3.21. The Morgan fingerprint density at radius 3 is 2.48 bits per heavy atom. The lowest BCUT2D eigenvalue weighted by atomic mass is 10.1. The van der Waals surface area contributed by atoms with Gasteiger partial charge in [-0.1, -0.05) is 48.5 Å². The standard InChI is InChI=1S/C23H27N7O/c1-23(2,31)14-26-22-28-20(25-12-17-10-6-7-11-18(17)24)19-21(29-22)30(15-27-19)13-16-8-4-3-5-9-16/h3-11,15,31H,12-14,24H2,1-2H3,(H2,25,26,28,29). The second-order valence-electron chi connectivity index (χ2n) is 8.14. The average molecular weight is 418 g/mol. The number of nitrogens with two attached hydrogens (primary N) is 1. The first kappa shape index (κ1) is 20.6. The van der Waals surface area contributed by atoms with E-state index in [2.05, 4.69) is 37.7 Å². The number of nitrogen functional groups attached to an aromatic ring is 1. The van der Waals surface area contributed by atoms with Gasteiger partial charge >= 0.3 is 0 Å². The Labute approximate surface area is 181 Å². The molecule has 0 radical (unpaired) electrons. The molecule has 0 fully saturated rings. The van der Waals surface area contributed by atoms with Gasteiger partial charge in [-0.25, -0.2) is 4.98 Å². The zero-order chi connectivity index (χ0) is 21.8. The highest BCUT2D eigenvalue weighted by Gasteiger charge is 2.17. The quantitative estimate of drug-likeness (QED) is 0.325. The van der Waals surface area contributed by atoms with Crippen LogP contribution in [-0.2, 0) is 13.1 Å². The van der Waals surface area contributed by atoms with Crippen molar-refractivity contribution in [3.05, 3.63) is 72.1 Å². The highest BCUT2D eigenvalue weighted by Crippen LogP contribution is 2.23. The van der Waals surface area contributed by atoms with Crippen molar-refractivity contribution in [2.24, 2.45) is 0 Å². The number of benzene rings is 2. The second-order valence-corrected chi connectivity index (χ2v) is 8.14. The number of aliphatic hydroxyl groups is 1. The van der Waals surface area contributed by atoms with Gasteiger partial charge in [0.25, 0.3) is 0 Å². The molecule has 8 heteroatoms. The minimum absolute atomic E-state index is 0.316. The maximum Gasteiger partial charge on any atom is 0.226 e. The van der Waals surface area contributed by atoms with E-state index in [-0.39, 0.29) is 0 Å². The molecule has 0 saturated carbocycles. The van der Waals surface area contributed by atoms with E-state index in [0.717, 1.165) is 16.8 Å². The van der Waals surface area contributed by atoms with Crippen molar-refractivity contribution in [2.45, 2.75) is 32.5 Å². The highest BCUT2D eigenvalue weighted by molar-refractivity contribution is 5.84. The van der Waals surface area contributed by atoms with Crippen LogP contribution in [0.1, 0.15) is 25.0 Å². The number of nitrogens with one attached hydrogen (secondary N) is 2. The number of para-hydroxylation sites is 1. The molecule has 0 atom stereocenters. The molecule has 0 aliphatic heterocycles. The minimum Gasteiger partial charge on any atom is -0.398 e. The van der Waals surface area contributed by atoms with Gasteiger partial charge in [0.1, 0.15) is 0 Å².